The van der Waals surface area contributed by atoms with Gasteiger partial charge in [-0.1, -0.05) is 43.9 Å². The molecule has 1 aromatic carbocycles. The van der Waals surface area contributed by atoms with Gasteiger partial charge in [-0.3, -0.25) is 0 Å². The van der Waals surface area contributed by atoms with Gasteiger partial charge in [0.05, 0.1) is 8.07 Å². The van der Waals surface area contributed by atoms with Gasteiger partial charge in [0.15, 0.2) is 0 Å². The Labute approximate surface area is 100 Å². The predicted octanol–water partition coefficient (Wildman–Crippen LogP) is 3.48. The van der Waals surface area contributed by atoms with Crippen LogP contribution >= 0.6 is 0 Å². The number of aryl methyl sites for hydroxylation is 1. The standard InChI is InChI=1S/C14H23NSi/c1-15(11-16(2,3)4)14-10-9-12-7-5-6-8-13(12)14/h5-8,14H,9-11H2,1-4H3. The molecule has 0 heterocycles. The number of benzene rings is 1. The molecular formula is C14H23NSi. The molecule has 0 saturated carbocycles. The Balaban J connectivity index is 2.13. The fraction of sp³-hybridized carbons (Fsp3) is 0.571. The van der Waals surface area contributed by atoms with Crippen molar-refractivity contribution in [1.29, 1.82) is 0 Å². The first-order valence-electron chi connectivity index (χ1n) is 6.25. The van der Waals surface area contributed by atoms with Crippen molar-refractivity contribution in [3.8, 4) is 0 Å². The van der Waals surface area contributed by atoms with Crippen LogP contribution in [0.25, 0.3) is 0 Å². The lowest BCUT2D eigenvalue weighted by molar-refractivity contribution is 0.279. The summed E-state index contributed by atoms with van der Waals surface area (Å²) in [6.45, 7) is 7.35. The largest absolute Gasteiger partial charge is 0.302 e. The maximum atomic E-state index is 2.58. The van der Waals surface area contributed by atoms with E-state index in [1.54, 1.807) is 11.1 Å². The second-order valence-electron chi connectivity index (χ2n) is 6.23. The second-order valence-corrected chi connectivity index (χ2v) is 11.7. The summed E-state index contributed by atoms with van der Waals surface area (Å²) < 4.78 is 0. The molecule has 0 spiro atoms. The van der Waals surface area contributed by atoms with E-state index in [1.165, 1.54) is 19.0 Å². The minimum Gasteiger partial charge on any atom is -0.302 e. The average molecular weight is 233 g/mol. The molecule has 2 heteroatoms. The zero-order chi connectivity index (χ0) is 11.8. The molecule has 1 aliphatic rings. The molecule has 0 amide bonds. The summed E-state index contributed by atoms with van der Waals surface area (Å²) in [5, 5.41) is 0. The first-order chi connectivity index (χ1) is 7.47. The van der Waals surface area contributed by atoms with E-state index in [-0.39, 0.29) is 0 Å². The summed E-state index contributed by atoms with van der Waals surface area (Å²) in [4.78, 5) is 2.58. The van der Waals surface area contributed by atoms with E-state index in [0.717, 1.165) is 0 Å². The van der Waals surface area contributed by atoms with Gasteiger partial charge in [0.2, 0.25) is 0 Å². The van der Waals surface area contributed by atoms with Crippen LogP contribution in [0.4, 0.5) is 0 Å². The van der Waals surface area contributed by atoms with Crippen LogP contribution in [0.3, 0.4) is 0 Å². The Morgan fingerprint density at radius 2 is 1.94 bits per heavy atom. The molecule has 1 unspecified atom stereocenters. The van der Waals surface area contributed by atoms with Crippen LogP contribution in [0.5, 0.6) is 0 Å². The molecule has 0 aromatic heterocycles. The van der Waals surface area contributed by atoms with Crippen LogP contribution in [0, 0.1) is 0 Å². The molecule has 2 rings (SSSR count). The average Bonchev–Trinajstić information content (AvgIpc) is 2.58. The van der Waals surface area contributed by atoms with Crippen LogP contribution in [-0.2, 0) is 6.42 Å². The Morgan fingerprint density at radius 3 is 2.62 bits per heavy atom. The zero-order valence-electron chi connectivity index (χ0n) is 11.0. The third kappa shape index (κ3) is 2.55. The molecule has 0 aliphatic heterocycles. The third-order valence-electron chi connectivity index (χ3n) is 3.36. The maximum absolute atomic E-state index is 2.58. The van der Waals surface area contributed by atoms with E-state index >= 15 is 0 Å². The molecule has 0 radical (unpaired) electrons. The quantitative estimate of drug-likeness (QED) is 0.723. The van der Waals surface area contributed by atoms with Crippen molar-refractivity contribution in [3.63, 3.8) is 0 Å². The monoisotopic (exact) mass is 233 g/mol. The molecule has 0 bridgehead atoms. The van der Waals surface area contributed by atoms with Crippen LogP contribution in [0.15, 0.2) is 24.3 Å². The molecule has 1 aromatic rings. The first-order valence-corrected chi connectivity index (χ1v) is 9.96. The molecule has 1 aliphatic carbocycles. The van der Waals surface area contributed by atoms with Gasteiger partial charge in [0.25, 0.3) is 0 Å². The van der Waals surface area contributed by atoms with E-state index in [2.05, 4.69) is 55.9 Å². The molecular weight excluding hydrogens is 210 g/mol. The van der Waals surface area contributed by atoms with E-state index < -0.39 is 8.07 Å². The van der Waals surface area contributed by atoms with Crippen molar-refractivity contribution < 1.29 is 0 Å². The van der Waals surface area contributed by atoms with Gasteiger partial charge < -0.3 is 4.90 Å². The lowest BCUT2D eigenvalue weighted by Crippen LogP contribution is -2.39. The molecule has 16 heavy (non-hydrogen) atoms. The van der Waals surface area contributed by atoms with Crippen LogP contribution < -0.4 is 0 Å². The normalized spacial score (nSPS) is 20.2. The fourth-order valence-corrected chi connectivity index (χ4v) is 4.57. The van der Waals surface area contributed by atoms with Gasteiger partial charge in [0, 0.05) is 6.04 Å². The van der Waals surface area contributed by atoms with Gasteiger partial charge in [-0.25, -0.2) is 0 Å². The van der Waals surface area contributed by atoms with Crippen molar-refractivity contribution in [2.24, 2.45) is 0 Å². The van der Waals surface area contributed by atoms with Crippen molar-refractivity contribution in [3.05, 3.63) is 35.4 Å². The lowest BCUT2D eigenvalue weighted by Gasteiger charge is -2.30. The van der Waals surface area contributed by atoms with Crippen LogP contribution in [0.2, 0.25) is 19.6 Å². The number of hydrogen-bond donors (Lipinski definition) is 0. The zero-order valence-corrected chi connectivity index (χ0v) is 12.0. The van der Waals surface area contributed by atoms with Crippen molar-refractivity contribution in [1.82, 2.24) is 4.90 Å². The molecule has 0 fully saturated rings. The highest BCUT2D eigenvalue weighted by atomic mass is 28.3. The molecule has 1 atom stereocenters. The maximum Gasteiger partial charge on any atom is 0.0599 e. The van der Waals surface area contributed by atoms with Gasteiger partial charge in [-0.2, -0.15) is 0 Å². The highest BCUT2D eigenvalue weighted by Gasteiger charge is 2.28. The summed E-state index contributed by atoms with van der Waals surface area (Å²) >= 11 is 0. The minimum atomic E-state index is -0.983. The minimum absolute atomic E-state index is 0.669. The van der Waals surface area contributed by atoms with Gasteiger partial charge in [-0.05, 0) is 37.2 Å². The Hall–Kier alpha value is -0.603. The topological polar surface area (TPSA) is 3.24 Å². The molecule has 0 saturated heterocycles. The Morgan fingerprint density at radius 1 is 1.25 bits per heavy atom. The number of nitrogens with zero attached hydrogens (tertiary/aromatic N) is 1. The van der Waals surface area contributed by atoms with Gasteiger partial charge in [-0.15, -0.1) is 0 Å². The van der Waals surface area contributed by atoms with E-state index in [9.17, 15) is 0 Å². The summed E-state index contributed by atoms with van der Waals surface area (Å²) in [6, 6.07) is 9.62. The van der Waals surface area contributed by atoms with Crippen molar-refractivity contribution in [2.75, 3.05) is 13.2 Å². The smallest absolute Gasteiger partial charge is 0.0599 e. The van der Waals surface area contributed by atoms with Crippen molar-refractivity contribution >= 4 is 8.07 Å². The number of fused-ring (bicyclic) bond motifs is 1. The fourth-order valence-electron chi connectivity index (χ4n) is 2.85. The van der Waals surface area contributed by atoms with Gasteiger partial charge in [0.1, 0.15) is 0 Å². The Kier molecular flexibility index (Phi) is 3.22. The van der Waals surface area contributed by atoms with E-state index in [0.29, 0.717) is 6.04 Å². The summed E-state index contributed by atoms with van der Waals surface area (Å²) in [5.74, 6) is 0. The molecule has 88 valence electrons. The summed E-state index contributed by atoms with van der Waals surface area (Å²) in [5.41, 5.74) is 3.14. The molecule has 1 nitrogen and oxygen atoms in total. The third-order valence-corrected chi connectivity index (χ3v) is 4.80. The number of hydrogen-bond acceptors (Lipinski definition) is 1. The Bertz CT molecular complexity index is 367. The second kappa shape index (κ2) is 4.34. The predicted molar refractivity (Wildman–Crippen MR) is 73.5 cm³/mol. The lowest BCUT2D eigenvalue weighted by atomic mass is 10.1. The van der Waals surface area contributed by atoms with Crippen molar-refractivity contribution in [2.45, 2.75) is 38.5 Å². The van der Waals surface area contributed by atoms with E-state index in [4.69, 9.17) is 0 Å². The highest BCUT2D eigenvalue weighted by Crippen LogP contribution is 2.35. The molecule has 0 N–H and O–H groups in total. The van der Waals surface area contributed by atoms with Gasteiger partial charge >= 0.3 is 0 Å². The summed E-state index contributed by atoms with van der Waals surface area (Å²) in [6.07, 6.45) is 3.86. The first kappa shape index (κ1) is 11.9. The van der Waals surface area contributed by atoms with E-state index in [1.807, 2.05) is 0 Å². The van der Waals surface area contributed by atoms with Crippen LogP contribution in [0.1, 0.15) is 23.6 Å². The highest BCUT2D eigenvalue weighted by molar-refractivity contribution is 6.76. The van der Waals surface area contributed by atoms with Crippen LogP contribution in [-0.4, -0.2) is 26.2 Å². The number of rotatable bonds is 3. The summed E-state index contributed by atoms with van der Waals surface area (Å²) in [7, 11) is 1.31. The SMILES string of the molecule is CN(C[Si](C)(C)C)C1CCc2ccccc21.